The van der Waals surface area contributed by atoms with E-state index in [4.69, 9.17) is 0 Å². The zero-order valence-electron chi connectivity index (χ0n) is 17.7. The molecule has 0 fully saturated rings. The molecule has 0 saturated carbocycles. The Morgan fingerprint density at radius 2 is 1.61 bits per heavy atom. The molecule has 2 heterocycles. The summed E-state index contributed by atoms with van der Waals surface area (Å²) in [4.78, 5) is 35.2. The maximum Gasteiger partial charge on any atom is 0.259 e. The van der Waals surface area contributed by atoms with E-state index in [-0.39, 0.29) is 11.4 Å². The molecule has 4 aromatic rings. The van der Waals surface area contributed by atoms with Gasteiger partial charge in [-0.15, -0.1) is 0 Å². The SMILES string of the molecule is CP(=O)(O)c1ccc(C(NC(=O)c2cnc(-c3ccccn3)nc2O)c2ccccc2)cc1. The molecule has 0 aliphatic heterocycles. The summed E-state index contributed by atoms with van der Waals surface area (Å²) in [6, 6.07) is 20.4. The standard InChI is InChI=1S/C24H21N4O4P/c1-33(31,32)18-12-10-17(11-13-18)21(16-7-3-2-4-8-16)27-23(29)19-15-26-22(28-24(19)30)20-9-5-6-14-25-20/h2-15,21H,1H3,(H,27,29)(H,31,32)(H,26,28,30). The van der Waals surface area contributed by atoms with Gasteiger partial charge in [0.15, 0.2) is 5.82 Å². The maximum absolute atomic E-state index is 13.0. The second-order valence-electron chi connectivity index (χ2n) is 7.43. The van der Waals surface area contributed by atoms with Crippen molar-refractivity contribution >= 4 is 18.6 Å². The van der Waals surface area contributed by atoms with Gasteiger partial charge in [0.05, 0.1) is 6.04 Å². The van der Waals surface area contributed by atoms with Crippen molar-refractivity contribution in [2.45, 2.75) is 6.04 Å². The number of nitrogens with zero attached hydrogens (tertiary/aromatic N) is 3. The van der Waals surface area contributed by atoms with Crippen LogP contribution in [0.4, 0.5) is 0 Å². The van der Waals surface area contributed by atoms with Gasteiger partial charge < -0.3 is 15.3 Å². The van der Waals surface area contributed by atoms with Crippen molar-refractivity contribution in [3.8, 4) is 17.4 Å². The highest BCUT2D eigenvalue weighted by Gasteiger charge is 2.22. The lowest BCUT2D eigenvalue weighted by molar-refractivity contribution is 0.0939. The van der Waals surface area contributed by atoms with Gasteiger partial charge in [0.2, 0.25) is 13.2 Å². The molecular weight excluding hydrogens is 439 g/mol. The summed E-state index contributed by atoms with van der Waals surface area (Å²) in [5.74, 6) is -0.827. The Hall–Kier alpha value is -3.87. The van der Waals surface area contributed by atoms with Crippen LogP contribution in [0.25, 0.3) is 11.5 Å². The fourth-order valence-corrected chi connectivity index (χ4v) is 4.01. The minimum absolute atomic E-state index is 0.0827. The molecule has 4 rings (SSSR count). The zero-order chi connectivity index (χ0) is 23.4. The van der Waals surface area contributed by atoms with Crippen molar-refractivity contribution in [1.82, 2.24) is 20.3 Å². The predicted octanol–water partition coefficient (Wildman–Crippen LogP) is 3.29. The fraction of sp³-hybridized carbons (Fsp3) is 0.0833. The molecule has 9 heteroatoms. The van der Waals surface area contributed by atoms with Gasteiger partial charge in [-0.25, -0.2) is 4.98 Å². The van der Waals surface area contributed by atoms with Gasteiger partial charge in [-0.2, -0.15) is 4.98 Å². The van der Waals surface area contributed by atoms with E-state index in [0.717, 1.165) is 5.56 Å². The molecule has 8 nitrogen and oxygen atoms in total. The molecule has 0 aliphatic carbocycles. The number of rotatable bonds is 6. The summed E-state index contributed by atoms with van der Waals surface area (Å²) < 4.78 is 11.9. The molecular formula is C24H21N4O4P. The summed E-state index contributed by atoms with van der Waals surface area (Å²) in [5, 5.41) is 13.6. The first-order valence-corrected chi connectivity index (χ1v) is 12.2. The first-order valence-electron chi connectivity index (χ1n) is 10.1. The molecule has 0 radical (unpaired) electrons. The van der Waals surface area contributed by atoms with Crippen LogP contribution in [0.3, 0.4) is 0 Å². The van der Waals surface area contributed by atoms with Gasteiger partial charge >= 0.3 is 0 Å². The predicted molar refractivity (Wildman–Crippen MR) is 125 cm³/mol. The lowest BCUT2D eigenvalue weighted by Gasteiger charge is -2.20. The zero-order valence-corrected chi connectivity index (χ0v) is 18.6. The van der Waals surface area contributed by atoms with E-state index in [1.165, 1.54) is 12.9 Å². The molecule has 0 bridgehead atoms. The van der Waals surface area contributed by atoms with Gasteiger partial charge in [-0.3, -0.25) is 14.3 Å². The lowest BCUT2D eigenvalue weighted by atomic mass is 9.98. The summed E-state index contributed by atoms with van der Waals surface area (Å²) >= 11 is 0. The van der Waals surface area contributed by atoms with E-state index in [2.05, 4.69) is 20.3 Å². The van der Waals surface area contributed by atoms with Gasteiger partial charge in [-0.05, 0) is 35.4 Å². The Labute approximate surface area is 190 Å². The lowest BCUT2D eigenvalue weighted by Crippen LogP contribution is -2.30. The number of hydrogen-bond acceptors (Lipinski definition) is 6. The van der Waals surface area contributed by atoms with Crippen LogP contribution in [0.15, 0.2) is 85.2 Å². The molecule has 1 amide bonds. The summed E-state index contributed by atoms with van der Waals surface area (Å²) in [6.07, 6.45) is 2.84. The third kappa shape index (κ3) is 5.14. The van der Waals surface area contributed by atoms with E-state index < -0.39 is 25.2 Å². The summed E-state index contributed by atoms with van der Waals surface area (Å²) in [5.41, 5.74) is 1.89. The van der Waals surface area contributed by atoms with Crippen LogP contribution < -0.4 is 10.6 Å². The minimum Gasteiger partial charge on any atom is -0.493 e. The number of amides is 1. The monoisotopic (exact) mass is 460 g/mol. The Morgan fingerprint density at radius 1 is 0.939 bits per heavy atom. The normalized spacial score (nSPS) is 13.6. The van der Waals surface area contributed by atoms with Crippen LogP contribution in [0.5, 0.6) is 5.88 Å². The molecule has 33 heavy (non-hydrogen) atoms. The summed E-state index contributed by atoms with van der Waals surface area (Å²) in [7, 11) is -3.39. The minimum atomic E-state index is -3.39. The Balaban J connectivity index is 1.64. The number of carbonyl (C=O) groups excluding carboxylic acids is 1. The second-order valence-corrected chi connectivity index (χ2v) is 9.71. The average Bonchev–Trinajstić information content (AvgIpc) is 2.83. The number of carbonyl (C=O) groups is 1. The quantitative estimate of drug-likeness (QED) is 0.377. The number of aromatic hydroxyl groups is 1. The Morgan fingerprint density at radius 3 is 2.21 bits per heavy atom. The highest BCUT2D eigenvalue weighted by molar-refractivity contribution is 7.65. The van der Waals surface area contributed by atoms with Crippen molar-refractivity contribution in [3.63, 3.8) is 0 Å². The first kappa shape index (κ1) is 22.3. The van der Waals surface area contributed by atoms with E-state index in [1.807, 2.05) is 30.3 Å². The van der Waals surface area contributed by atoms with Crippen LogP contribution in [-0.2, 0) is 4.57 Å². The number of hydrogen-bond donors (Lipinski definition) is 3. The van der Waals surface area contributed by atoms with Crippen molar-refractivity contribution in [1.29, 1.82) is 0 Å². The van der Waals surface area contributed by atoms with Crippen LogP contribution in [0.2, 0.25) is 0 Å². The Bertz CT molecular complexity index is 1310. The number of pyridine rings is 1. The molecule has 0 aliphatic rings. The van der Waals surface area contributed by atoms with Gasteiger partial charge in [0.1, 0.15) is 11.3 Å². The highest BCUT2D eigenvalue weighted by Crippen LogP contribution is 2.34. The van der Waals surface area contributed by atoms with E-state index in [0.29, 0.717) is 16.6 Å². The van der Waals surface area contributed by atoms with Crippen molar-refractivity contribution < 1.29 is 19.4 Å². The van der Waals surface area contributed by atoms with Crippen LogP contribution in [-0.4, -0.2) is 37.5 Å². The molecule has 3 N–H and O–H groups in total. The smallest absolute Gasteiger partial charge is 0.259 e. The fourth-order valence-electron chi connectivity index (χ4n) is 3.31. The number of benzene rings is 2. The van der Waals surface area contributed by atoms with Gasteiger partial charge in [-0.1, -0.05) is 48.5 Å². The Kier molecular flexibility index (Phi) is 6.31. The molecule has 2 aromatic heterocycles. The van der Waals surface area contributed by atoms with Crippen molar-refractivity contribution in [2.75, 3.05) is 6.66 Å². The molecule has 166 valence electrons. The molecule has 2 unspecified atom stereocenters. The molecule has 2 aromatic carbocycles. The van der Waals surface area contributed by atoms with Crippen LogP contribution >= 0.6 is 7.37 Å². The van der Waals surface area contributed by atoms with Crippen molar-refractivity contribution in [2.24, 2.45) is 0 Å². The summed E-state index contributed by atoms with van der Waals surface area (Å²) in [6.45, 7) is 1.27. The van der Waals surface area contributed by atoms with Crippen LogP contribution in [0.1, 0.15) is 27.5 Å². The number of aromatic nitrogens is 3. The van der Waals surface area contributed by atoms with E-state index in [1.54, 1.807) is 48.7 Å². The highest BCUT2D eigenvalue weighted by atomic mass is 31.2. The molecule has 0 spiro atoms. The third-order valence-electron chi connectivity index (χ3n) is 5.02. The van der Waals surface area contributed by atoms with E-state index in [9.17, 15) is 19.4 Å². The first-order chi connectivity index (χ1) is 15.8. The van der Waals surface area contributed by atoms with E-state index >= 15 is 0 Å². The van der Waals surface area contributed by atoms with Gasteiger partial charge in [0, 0.05) is 24.4 Å². The molecule has 2 atom stereocenters. The topological polar surface area (TPSA) is 125 Å². The largest absolute Gasteiger partial charge is 0.493 e. The number of nitrogens with one attached hydrogen (secondary N) is 1. The van der Waals surface area contributed by atoms with Crippen LogP contribution in [0, 0.1) is 0 Å². The van der Waals surface area contributed by atoms with Crippen molar-refractivity contribution in [3.05, 3.63) is 102 Å². The second kappa shape index (κ2) is 9.32. The third-order valence-corrected chi connectivity index (χ3v) is 6.28. The molecule has 0 saturated heterocycles. The average molecular weight is 460 g/mol. The van der Waals surface area contributed by atoms with Gasteiger partial charge in [0.25, 0.3) is 5.91 Å². The maximum atomic E-state index is 13.0.